The van der Waals surface area contributed by atoms with Crippen LogP contribution in [-0.4, -0.2) is 35.9 Å². The topological polar surface area (TPSA) is 65.1 Å². The number of epoxide rings is 1. The average molecular weight is 320 g/mol. The van der Waals surface area contributed by atoms with Crippen LogP contribution < -0.4 is 0 Å². The maximum atomic E-state index is 12.4. The van der Waals surface area contributed by atoms with Crippen molar-refractivity contribution in [2.75, 3.05) is 0 Å². The Labute approximate surface area is 136 Å². The Morgan fingerprint density at radius 1 is 1.39 bits per heavy atom. The van der Waals surface area contributed by atoms with Crippen molar-refractivity contribution in [2.45, 2.75) is 76.8 Å². The van der Waals surface area contributed by atoms with Crippen molar-refractivity contribution in [3.05, 3.63) is 11.6 Å². The number of allylic oxidation sites excluding steroid dienone is 1. The van der Waals surface area contributed by atoms with E-state index in [4.69, 9.17) is 14.2 Å². The molecule has 0 radical (unpaired) electrons. The molecular formula is C18H24O5. The molecule has 2 saturated heterocycles. The Bertz CT molecular complexity index is 590. The van der Waals surface area contributed by atoms with E-state index in [1.54, 1.807) is 0 Å². The van der Waals surface area contributed by atoms with Crippen molar-refractivity contribution in [3.63, 3.8) is 0 Å². The van der Waals surface area contributed by atoms with Crippen molar-refractivity contribution in [3.8, 4) is 0 Å². The Hall–Kier alpha value is -1.36. The molecule has 0 unspecified atom stereocenters. The normalized spacial score (nSPS) is 46.0. The largest absolute Gasteiger partial charge is 0.461 e. The molecule has 4 rings (SSSR count). The molecule has 5 heteroatoms. The van der Waals surface area contributed by atoms with Crippen LogP contribution in [0.5, 0.6) is 0 Å². The molecular weight excluding hydrogens is 296 g/mol. The second kappa shape index (κ2) is 4.82. The summed E-state index contributed by atoms with van der Waals surface area (Å²) in [6.45, 7) is 5.58. The lowest BCUT2D eigenvalue weighted by Crippen LogP contribution is -2.38. The molecule has 4 aliphatic rings. The van der Waals surface area contributed by atoms with Crippen LogP contribution >= 0.6 is 0 Å². The van der Waals surface area contributed by atoms with Crippen LogP contribution in [0.3, 0.4) is 0 Å². The lowest BCUT2D eigenvalue weighted by Gasteiger charge is -2.29. The summed E-state index contributed by atoms with van der Waals surface area (Å²) in [5, 5.41) is 0. The third-order valence-electron chi connectivity index (χ3n) is 6.04. The highest BCUT2D eigenvalue weighted by atomic mass is 16.6. The van der Waals surface area contributed by atoms with Crippen LogP contribution in [0, 0.1) is 11.3 Å². The van der Waals surface area contributed by atoms with Crippen LogP contribution in [0.2, 0.25) is 0 Å². The van der Waals surface area contributed by atoms with Gasteiger partial charge in [0.25, 0.3) is 0 Å². The molecule has 5 nitrogen and oxygen atoms in total. The van der Waals surface area contributed by atoms with Gasteiger partial charge in [-0.25, -0.2) is 0 Å². The summed E-state index contributed by atoms with van der Waals surface area (Å²) in [5.74, 6) is -0.513. The zero-order valence-electron chi connectivity index (χ0n) is 14.0. The van der Waals surface area contributed by atoms with Gasteiger partial charge in [0.15, 0.2) is 0 Å². The van der Waals surface area contributed by atoms with Gasteiger partial charge < -0.3 is 14.2 Å². The Morgan fingerprint density at radius 2 is 2.13 bits per heavy atom. The van der Waals surface area contributed by atoms with Gasteiger partial charge in [0.1, 0.15) is 12.2 Å². The third-order valence-corrected chi connectivity index (χ3v) is 6.04. The summed E-state index contributed by atoms with van der Waals surface area (Å²) >= 11 is 0. The monoisotopic (exact) mass is 320 g/mol. The maximum Gasteiger partial charge on any atom is 0.312 e. The second-order valence-corrected chi connectivity index (χ2v) is 7.87. The van der Waals surface area contributed by atoms with Gasteiger partial charge in [-0.3, -0.25) is 9.59 Å². The first-order valence-electron chi connectivity index (χ1n) is 8.57. The molecule has 5 atom stereocenters. The molecule has 0 aromatic heterocycles. The van der Waals surface area contributed by atoms with Gasteiger partial charge in [-0.1, -0.05) is 5.57 Å². The van der Waals surface area contributed by atoms with Gasteiger partial charge in [0, 0.05) is 13.3 Å². The standard InChI is InChI=1S/C18H24O5/c1-10-4-5-14-17(3,23-14)9-13-15(12(8-10)21-11(2)19)18(6-7-18)16(20)22-13/h8,12-15H,4-7,9H2,1-3H3/b10-8+/t12-,13-,14+,15-,17-/m1/s1. The van der Waals surface area contributed by atoms with E-state index < -0.39 is 5.41 Å². The average Bonchev–Trinajstić information content (AvgIpc) is 3.31. The Kier molecular flexibility index (Phi) is 3.18. The Morgan fingerprint density at radius 3 is 2.78 bits per heavy atom. The number of fused-ring (bicyclic) bond motifs is 3. The molecule has 23 heavy (non-hydrogen) atoms. The summed E-state index contributed by atoms with van der Waals surface area (Å²) in [6.07, 6.45) is 5.91. The zero-order valence-corrected chi connectivity index (χ0v) is 14.0. The van der Waals surface area contributed by atoms with Crippen molar-refractivity contribution in [1.82, 2.24) is 0 Å². The van der Waals surface area contributed by atoms with Gasteiger partial charge in [0.2, 0.25) is 0 Å². The predicted octanol–water partition coefficient (Wildman–Crippen LogP) is 2.53. The SMILES string of the molecule is CC(=O)O[C@@H]1/C=C(\C)CC[C@@H]2O[C@]2(C)C[C@H]2OC(=O)C3(CC3)[C@H]12. The minimum absolute atomic E-state index is 0.0892. The van der Waals surface area contributed by atoms with E-state index in [1.807, 2.05) is 6.08 Å². The lowest BCUT2D eigenvalue weighted by atomic mass is 9.78. The van der Waals surface area contributed by atoms with E-state index in [2.05, 4.69) is 13.8 Å². The number of ether oxygens (including phenoxy) is 3. The molecule has 0 N–H and O–H groups in total. The summed E-state index contributed by atoms with van der Waals surface area (Å²) in [6, 6.07) is 0. The number of esters is 2. The van der Waals surface area contributed by atoms with Crippen LogP contribution in [0.15, 0.2) is 11.6 Å². The van der Waals surface area contributed by atoms with Crippen molar-refractivity contribution in [1.29, 1.82) is 0 Å². The summed E-state index contributed by atoms with van der Waals surface area (Å²) in [4.78, 5) is 24.0. The van der Waals surface area contributed by atoms with Gasteiger partial charge in [-0.2, -0.15) is 0 Å². The van der Waals surface area contributed by atoms with E-state index in [1.165, 1.54) is 12.5 Å². The van der Waals surface area contributed by atoms with Crippen molar-refractivity contribution < 1.29 is 23.8 Å². The molecule has 2 heterocycles. The first kappa shape index (κ1) is 15.2. The highest BCUT2D eigenvalue weighted by molar-refractivity contribution is 5.83. The number of carbonyl (C=O) groups is 2. The van der Waals surface area contributed by atoms with E-state index in [-0.39, 0.29) is 41.8 Å². The molecule has 0 bridgehead atoms. The quantitative estimate of drug-likeness (QED) is 0.422. The van der Waals surface area contributed by atoms with E-state index in [0.29, 0.717) is 6.42 Å². The highest BCUT2D eigenvalue weighted by Crippen LogP contribution is 2.62. The summed E-state index contributed by atoms with van der Waals surface area (Å²) in [5.41, 5.74) is 0.536. The third kappa shape index (κ3) is 2.40. The van der Waals surface area contributed by atoms with Crippen LogP contribution in [0.1, 0.15) is 52.9 Å². The van der Waals surface area contributed by atoms with E-state index >= 15 is 0 Å². The zero-order chi connectivity index (χ0) is 16.4. The summed E-state index contributed by atoms with van der Waals surface area (Å²) in [7, 11) is 0. The smallest absolute Gasteiger partial charge is 0.312 e. The lowest BCUT2D eigenvalue weighted by molar-refractivity contribution is -0.148. The second-order valence-electron chi connectivity index (χ2n) is 7.87. The van der Waals surface area contributed by atoms with Gasteiger partial charge >= 0.3 is 11.9 Å². The summed E-state index contributed by atoms with van der Waals surface area (Å²) < 4.78 is 17.3. The first-order valence-corrected chi connectivity index (χ1v) is 8.57. The fourth-order valence-corrected chi connectivity index (χ4v) is 4.55. The van der Waals surface area contributed by atoms with Gasteiger partial charge in [-0.05, 0) is 45.6 Å². The fourth-order valence-electron chi connectivity index (χ4n) is 4.55. The molecule has 0 aromatic rings. The maximum absolute atomic E-state index is 12.4. The highest BCUT2D eigenvalue weighted by Gasteiger charge is 2.69. The molecule has 2 aliphatic heterocycles. The van der Waals surface area contributed by atoms with Crippen LogP contribution in [-0.2, 0) is 23.8 Å². The minimum Gasteiger partial charge on any atom is -0.461 e. The van der Waals surface area contributed by atoms with Crippen LogP contribution in [0.25, 0.3) is 0 Å². The number of rotatable bonds is 1. The molecule has 1 spiro atoms. The number of hydrogen-bond donors (Lipinski definition) is 0. The fraction of sp³-hybridized carbons (Fsp3) is 0.778. The Balaban J connectivity index is 1.72. The van der Waals surface area contributed by atoms with Crippen LogP contribution in [0.4, 0.5) is 0 Å². The van der Waals surface area contributed by atoms with Crippen molar-refractivity contribution >= 4 is 11.9 Å². The van der Waals surface area contributed by atoms with Gasteiger partial charge in [-0.15, -0.1) is 0 Å². The molecule has 3 fully saturated rings. The van der Waals surface area contributed by atoms with E-state index in [0.717, 1.165) is 25.7 Å². The number of hydrogen-bond acceptors (Lipinski definition) is 5. The first-order chi connectivity index (χ1) is 10.8. The molecule has 126 valence electrons. The van der Waals surface area contributed by atoms with Crippen molar-refractivity contribution in [2.24, 2.45) is 11.3 Å². The number of carbonyl (C=O) groups excluding carboxylic acids is 2. The minimum atomic E-state index is -0.443. The molecule has 2 aliphatic carbocycles. The molecule has 0 amide bonds. The van der Waals surface area contributed by atoms with E-state index in [9.17, 15) is 9.59 Å². The molecule has 1 saturated carbocycles. The predicted molar refractivity (Wildman–Crippen MR) is 81.5 cm³/mol. The molecule has 0 aromatic carbocycles. The van der Waals surface area contributed by atoms with Gasteiger partial charge in [0.05, 0.1) is 23.0 Å².